The summed E-state index contributed by atoms with van der Waals surface area (Å²) in [5.74, 6) is -1.19. The largest absolute Gasteiger partial charge is 2.00 e. The minimum absolute atomic E-state index is 0. The average Bonchev–Trinajstić information content (AvgIpc) is 2.55. The quantitative estimate of drug-likeness (QED) is 0.646. The van der Waals surface area contributed by atoms with Crippen molar-refractivity contribution in [2.75, 3.05) is 0 Å². The second-order valence-corrected chi connectivity index (χ2v) is 3.59. The van der Waals surface area contributed by atoms with Crippen molar-refractivity contribution in [3.05, 3.63) is 82.2 Å². The Labute approximate surface area is 151 Å². The van der Waals surface area contributed by atoms with Crippen LogP contribution in [-0.4, -0.2) is 49.6 Å². The maximum absolute atomic E-state index is 10.6. The number of carbonyl (C=O) groups excluding carboxylic acids is 2. The molecule has 0 saturated carbocycles. The monoisotopic (exact) mass is 312 g/mol. The van der Waals surface area contributed by atoms with Gasteiger partial charge in [-0.2, -0.15) is 0 Å². The molecule has 0 aliphatic rings. The van der Waals surface area contributed by atoms with E-state index < -0.39 is 11.8 Å². The fourth-order valence-corrected chi connectivity index (χ4v) is 1.30. The third kappa shape index (κ3) is 7.21. The van der Waals surface area contributed by atoms with Gasteiger partial charge < -0.3 is 21.4 Å². The number of hydrogen-bond acceptors (Lipinski definition) is 4. The van der Waals surface area contributed by atoms with Crippen LogP contribution in [0, 0.1) is 10.4 Å². The van der Waals surface area contributed by atoms with Gasteiger partial charge in [0.05, 0.1) is 0 Å². The van der Waals surface area contributed by atoms with Gasteiger partial charge in [0.15, 0.2) is 0 Å². The zero-order chi connectivity index (χ0) is 14.8. The van der Waals surface area contributed by atoms with Gasteiger partial charge in [-0.05, 0) is 24.3 Å². The molecule has 0 radical (unpaired) electrons. The molecule has 2 N–H and O–H groups in total. The minimum atomic E-state index is -0.597. The molecule has 0 aliphatic heterocycles. The van der Waals surface area contributed by atoms with Gasteiger partial charge in [0.2, 0.25) is 11.8 Å². The van der Waals surface area contributed by atoms with E-state index >= 15 is 0 Å². The molecule has 2 rings (SSSR count). The van der Waals surface area contributed by atoms with Crippen molar-refractivity contribution >= 4 is 49.6 Å². The van der Waals surface area contributed by atoms with Crippen LogP contribution >= 0.6 is 0 Å². The standard InChI is InChI=1S/2C7H6NO2.Ca/c2*9-7(8-10)6-4-2-1-3-5-6;/h2*1-5H,(H-,8,9,10);/q2*-1;+2. The number of rotatable bonds is 2. The van der Waals surface area contributed by atoms with Gasteiger partial charge in [-0.15, -0.1) is 0 Å². The van der Waals surface area contributed by atoms with Crippen LogP contribution in [-0.2, 0) is 0 Å². The number of benzene rings is 2. The normalized spacial score (nSPS) is 8.48. The molecule has 2 amide bonds. The molecule has 0 spiro atoms. The van der Waals surface area contributed by atoms with Crippen molar-refractivity contribution < 1.29 is 9.59 Å². The first kappa shape index (κ1) is 19.6. The number of amides is 2. The van der Waals surface area contributed by atoms with E-state index in [2.05, 4.69) is 0 Å². The Morgan fingerprint density at radius 2 is 0.952 bits per heavy atom. The van der Waals surface area contributed by atoms with Crippen molar-refractivity contribution in [3.63, 3.8) is 0 Å². The van der Waals surface area contributed by atoms with Crippen molar-refractivity contribution in [3.8, 4) is 0 Å². The van der Waals surface area contributed by atoms with E-state index in [-0.39, 0.29) is 37.7 Å². The Morgan fingerprint density at radius 1 is 0.667 bits per heavy atom. The topological polar surface area (TPSA) is 104 Å². The van der Waals surface area contributed by atoms with Crippen LogP contribution in [0.25, 0.3) is 0 Å². The Balaban J connectivity index is 0.000000364. The van der Waals surface area contributed by atoms with E-state index in [9.17, 15) is 20.0 Å². The Bertz CT molecular complexity index is 498. The van der Waals surface area contributed by atoms with E-state index in [0.29, 0.717) is 11.1 Å². The van der Waals surface area contributed by atoms with Crippen molar-refractivity contribution in [2.45, 2.75) is 0 Å². The van der Waals surface area contributed by atoms with Crippen LogP contribution in [0.4, 0.5) is 0 Å². The maximum Gasteiger partial charge on any atom is 2.00 e. The summed E-state index contributed by atoms with van der Waals surface area (Å²) in [5, 5.41) is 19.7. The number of hydrogen-bond donors (Lipinski definition) is 2. The Kier molecular flexibility index (Phi) is 10.5. The summed E-state index contributed by atoms with van der Waals surface area (Å²) in [6.07, 6.45) is 0. The van der Waals surface area contributed by atoms with Crippen molar-refractivity contribution in [1.82, 2.24) is 11.0 Å². The third-order valence-corrected chi connectivity index (χ3v) is 2.26. The zero-order valence-corrected chi connectivity index (χ0v) is 13.3. The predicted octanol–water partition coefficient (Wildman–Crippen LogP) is 1.45. The molecule has 0 fully saturated rings. The van der Waals surface area contributed by atoms with Crippen LogP contribution in [0.3, 0.4) is 0 Å². The molecule has 0 saturated heterocycles. The molecule has 2 aromatic carbocycles. The summed E-state index contributed by atoms with van der Waals surface area (Å²) in [6.45, 7) is 0. The van der Waals surface area contributed by atoms with Gasteiger partial charge in [-0.1, -0.05) is 36.4 Å². The average molecular weight is 312 g/mol. The van der Waals surface area contributed by atoms with Gasteiger partial charge in [0, 0.05) is 11.1 Å². The van der Waals surface area contributed by atoms with Gasteiger partial charge in [0.1, 0.15) is 0 Å². The fourth-order valence-electron chi connectivity index (χ4n) is 1.30. The molecular weight excluding hydrogens is 300 g/mol. The number of hydroxylamine groups is 2. The van der Waals surface area contributed by atoms with Crippen LogP contribution in [0.5, 0.6) is 0 Å². The van der Waals surface area contributed by atoms with Crippen molar-refractivity contribution in [1.29, 1.82) is 0 Å². The molecule has 0 heterocycles. The minimum Gasteiger partial charge on any atom is -0.759 e. The molecule has 0 atom stereocenters. The van der Waals surface area contributed by atoms with E-state index in [0.717, 1.165) is 0 Å². The first-order valence-electron chi connectivity index (χ1n) is 5.64. The first-order valence-corrected chi connectivity index (χ1v) is 5.64. The zero-order valence-electron chi connectivity index (χ0n) is 11.1. The van der Waals surface area contributed by atoms with Crippen molar-refractivity contribution in [2.24, 2.45) is 0 Å². The summed E-state index contributed by atoms with van der Waals surface area (Å²) in [4.78, 5) is 21.2. The van der Waals surface area contributed by atoms with E-state index in [1.807, 2.05) is 0 Å². The summed E-state index contributed by atoms with van der Waals surface area (Å²) in [5.41, 5.74) is 3.36. The van der Waals surface area contributed by atoms with Gasteiger partial charge in [-0.25, -0.2) is 0 Å². The molecule has 2 aromatic rings. The van der Waals surface area contributed by atoms with Gasteiger partial charge >= 0.3 is 37.7 Å². The molecule has 0 aromatic heterocycles. The SMILES string of the molecule is O=C(N[O-])c1ccccc1.O=C(N[O-])c1ccccc1.[Ca+2]. The molecule has 0 unspecified atom stereocenters. The van der Waals surface area contributed by atoms with Crippen LogP contribution in [0.15, 0.2) is 60.7 Å². The molecule has 6 nitrogen and oxygen atoms in total. The summed E-state index contributed by atoms with van der Waals surface area (Å²) in [6, 6.07) is 16.7. The van der Waals surface area contributed by atoms with E-state index in [1.54, 1.807) is 60.7 Å². The van der Waals surface area contributed by atoms with Crippen LogP contribution in [0.2, 0.25) is 0 Å². The number of carbonyl (C=O) groups is 2. The molecule has 104 valence electrons. The molecule has 0 aliphatic carbocycles. The molecular formula is C14H12CaN2O4. The second kappa shape index (κ2) is 11.2. The number of nitrogens with one attached hydrogen (secondary N) is 2. The predicted molar refractivity (Wildman–Crippen MR) is 80.3 cm³/mol. The molecule has 21 heavy (non-hydrogen) atoms. The Morgan fingerprint density at radius 3 is 1.19 bits per heavy atom. The maximum atomic E-state index is 10.6. The van der Waals surface area contributed by atoms with E-state index in [4.69, 9.17) is 0 Å². The summed E-state index contributed by atoms with van der Waals surface area (Å²) >= 11 is 0. The second-order valence-electron chi connectivity index (χ2n) is 3.59. The summed E-state index contributed by atoms with van der Waals surface area (Å²) < 4.78 is 0. The third-order valence-electron chi connectivity index (χ3n) is 2.26. The summed E-state index contributed by atoms with van der Waals surface area (Å²) in [7, 11) is 0. The van der Waals surface area contributed by atoms with Gasteiger partial charge in [0.25, 0.3) is 0 Å². The van der Waals surface area contributed by atoms with Crippen LogP contribution in [0.1, 0.15) is 20.7 Å². The smallest absolute Gasteiger partial charge is 0.759 e. The van der Waals surface area contributed by atoms with E-state index in [1.165, 1.54) is 11.0 Å². The molecule has 7 heteroatoms. The van der Waals surface area contributed by atoms with Gasteiger partial charge in [-0.3, -0.25) is 9.59 Å². The first-order chi connectivity index (χ1) is 9.69. The molecule has 0 bridgehead atoms. The Hall–Kier alpha value is -1.44. The fraction of sp³-hybridized carbons (Fsp3) is 0. The van der Waals surface area contributed by atoms with Crippen LogP contribution < -0.4 is 11.0 Å².